The standard InChI is InChI=1S/C19H26N2O3/c1-2-22-16-5-3-15(4-6-16)19-8-7-18(24-19)14-21-11-12-23-17(13-21)9-10-20/h3-8,17H,2,9-14,20H2,1H3/t17-/m0/s1. The molecular weight excluding hydrogens is 304 g/mol. The Morgan fingerprint density at radius 3 is 2.79 bits per heavy atom. The summed E-state index contributed by atoms with van der Waals surface area (Å²) in [5, 5.41) is 0. The first-order valence-corrected chi connectivity index (χ1v) is 8.64. The number of rotatable bonds is 7. The van der Waals surface area contributed by atoms with Crippen molar-refractivity contribution >= 4 is 0 Å². The van der Waals surface area contributed by atoms with E-state index in [-0.39, 0.29) is 6.10 Å². The second kappa shape index (κ2) is 8.33. The minimum absolute atomic E-state index is 0.240. The van der Waals surface area contributed by atoms with Gasteiger partial charge in [-0.25, -0.2) is 0 Å². The van der Waals surface area contributed by atoms with Gasteiger partial charge in [-0.05, 0) is 56.3 Å². The van der Waals surface area contributed by atoms with E-state index in [2.05, 4.69) is 11.0 Å². The molecule has 0 amide bonds. The monoisotopic (exact) mass is 330 g/mol. The van der Waals surface area contributed by atoms with E-state index in [0.29, 0.717) is 13.2 Å². The average Bonchev–Trinajstić information content (AvgIpc) is 3.05. The van der Waals surface area contributed by atoms with Gasteiger partial charge >= 0.3 is 0 Å². The van der Waals surface area contributed by atoms with E-state index in [1.54, 1.807) is 0 Å². The molecule has 5 nitrogen and oxygen atoms in total. The maximum absolute atomic E-state index is 6.02. The van der Waals surface area contributed by atoms with Gasteiger partial charge in [0.05, 0.1) is 25.9 Å². The van der Waals surface area contributed by atoms with E-state index in [4.69, 9.17) is 19.6 Å². The highest BCUT2D eigenvalue weighted by molar-refractivity contribution is 5.58. The van der Waals surface area contributed by atoms with Crippen LogP contribution >= 0.6 is 0 Å². The third-order valence-electron chi connectivity index (χ3n) is 4.20. The van der Waals surface area contributed by atoms with Gasteiger partial charge in [-0.15, -0.1) is 0 Å². The molecule has 24 heavy (non-hydrogen) atoms. The van der Waals surface area contributed by atoms with Gasteiger partial charge < -0.3 is 19.6 Å². The highest BCUT2D eigenvalue weighted by Crippen LogP contribution is 2.25. The summed E-state index contributed by atoms with van der Waals surface area (Å²) in [6, 6.07) is 12.1. The molecule has 0 aliphatic carbocycles. The topological polar surface area (TPSA) is 60.9 Å². The molecule has 1 aromatic carbocycles. The normalized spacial score (nSPS) is 18.7. The van der Waals surface area contributed by atoms with Crippen molar-refractivity contribution in [2.75, 3.05) is 32.8 Å². The zero-order valence-electron chi connectivity index (χ0n) is 14.2. The lowest BCUT2D eigenvalue weighted by molar-refractivity contribution is -0.0351. The highest BCUT2D eigenvalue weighted by Gasteiger charge is 2.20. The molecule has 1 aromatic heterocycles. The summed E-state index contributed by atoms with van der Waals surface area (Å²) in [6.45, 7) is 6.74. The SMILES string of the molecule is CCOc1ccc(-c2ccc(CN3CCO[C@@H](CCN)C3)o2)cc1. The Labute approximate surface area is 143 Å². The number of hydrogen-bond donors (Lipinski definition) is 1. The molecule has 0 bridgehead atoms. The quantitative estimate of drug-likeness (QED) is 0.846. The van der Waals surface area contributed by atoms with Gasteiger partial charge in [-0.2, -0.15) is 0 Å². The summed E-state index contributed by atoms with van der Waals surface area (Å²) in [5.41, 5.74) is 6.69. The third kappa shape index (κ3) is 4.38. The lowest BCUT2D eigenvalue weighted by Gasteiger charge is -2.32. The number of ether oxygens (including phenoxy) is 2. The second-order valence-corrected chi connectivity index (χ2v) is 6.03. The van der Waals surface area contributed by atoms with E-state index in [0.717, 1.165) is 55.5 Å². The molecule has 2 N–H and O–H groups in total. The van der Waals surface area contributed by atoms with Gasteiger partial charge in [-0.3, -0.25) is 4.90 Å². The van der Waals surface area contributed by atoms with Gasteiger partial charge in [0.15, 0.2) is 0 Å². The molecule has 2 heterocycles. The molecule has 0 radical (unpaired) electrons. The van der Waals surface area contributed by atoms with Crippen LogP contribution in [0.5, 0.6) is 5.75 Å². The van der Waals surface area contributed by atoms with Crippen molar-refractivity contribution in [2.24, 2.45) is 5.73 Å². The molecule has 3 rings (SSSR count). The van der Waals surface area contributed by atoms with Crippen molar-refractivity contribution in [1.29, 1.82) is 0 Å². The Kier molecular flexibility index (Phi) is 5.91. The fraction of sp³-hybridized carbons (Fsp3) is 0.474. The van der Waals surface area contributed by atoms with Crippen molar-refractivity contribution in [3.05, 3.63) is 42.2 Å². The molecule has 0 spiro atoms. The first-order valence-electron chi connectivity index (χ1n) is 8.64. The maximum Gasteiger partial charge on any atom is 0.134 e. The van der Waals surface area contributed by atoms with Crippen LogP contribution in [0.2, 0.25) is 0 Å². The summed E-state index contributed by atoms with van der Waals surface area (Å²) >= 11 is 0. The average molecular weight is 330 g/mol. The van der Waals surface area contributed by atoms with Gasteiger partial charge in [0, 0.05) is 18.7 Å². The summed E-state index contributed by atoms with van der Waals surface area (Å²) < 4.78 is 17.2. The van der Waals surface area contributed by atoms with E-state index in [9.17, 15) is 0 Å². The van der Waals surface area contributed by atoms with Crippen molar-refractivity contribution in [1.82, 2.24) is 4.90 Å². The van der Waals surface area contributed by atoms with Crippen LogP contribution in [0.3, 0.4) is 0 Å². The largest absolute Gasteiger partial charge is 0.494 e. The van der Waals surface area contributed by atoms with E-state index >= 15 is 0 Å². The summed E-state index contributed by atoms with van der Waals surface area (Å²) in [4.78, 5) is 2.37. The van der Waals surface area contributed by atoms with E-state index < -0.39 is 0 Å². The molecule has 130 valence electrons. The van der Waals surface area contributed by atoms with Crippen LogP contribution in [0, 0.1) is 0 Å². The van der Waals surface area contributed by atoms with Crippen LogP contribution in [-0.2, 0) is 11.3 Å². The number of nitrogens with two attached hydrogens (primary N) is 1. The van der Waals surface area contributed by atoms with Crippen molar-refractivity contribution in [3.63, 3.8) is 0 Å². The molecular formula is C19H26N2O3. The number of furan rings is 1. The minimum Gasteiger partial charge on any atom is -0.494 e. The Hall–Kier alpha value is -1.82. The third-order valence-corrected chi connectivity index (χ3v) is 4.20. The first kappa shape index (κ1) is 17.0. The molecule has 5 heteroatoms. The molecule has 1 aliphatic heterocycles. The number of hydrogen-bond acceptors (Lipinski definition) is 5. The molecule has 0 unspecified atom stereocenters. The second-order valence-electron chi connectivity index (χ2n) is 6.03. The number of morpholine rings is 1. The Morgan fingerprint density at radius 1 is 1.21 bits per heavy atom. The first-order chi connectivity index (χ1) is 11.8. The van der Waals surface area contributed by atoms with Gasteiger partial charge in [0.25, 0.3) is 0 Å². The van der Waals surface area contributed by atoms with Crippen molar-refractivity contribution < 1.29 is 13.9 Å². The molecule has 1 fully saturated rings. The van der Waals surface area contributed by atoms with Crippen LogP contribution in [0.25, 0.3) is 11.3 Å². The number of nitrogens with zero attached hydrogens (tertiary/aromatic N) is 1. The Bertz CT molecular complexity index is 622. The molecule has 1 aliphatic rings. The summed E-state index contributed by atoms with van der Waals surface area (Å²) in [5.74, 6) is 2.75. The molecule has 0 saturated carbocycles. The lowest BCUT2D eigenvalue weighted by atomic mass is 10.2. The lowest BCUT2D eigenvalue weighted by Crippen LogP contribution is -2.42. The van der Waals surface area contributed by atoms with Crippen molar-refractivity contribution in [3.8, 4) is 17.1 Å². The number of benzene rings is 1. The molecule has 2 aromatic rings. The zero-order chi connectivity index (χ0) is 16.8. The molecule has 1 atom stereocenters. The smallest absolute Gasteiger partial charge is 0.134 e. The highest BCUT2D eigenvalue weighted by atomic mass is 16.5. The van der Waals surface area contributed by atoms with Crippen LogP contribution < -0.4 is 10.5 Å². The van der Waals surface area contributed by atoms with Crippen molar-refractivity contribution in [2.45, 2.75) is 26.0 Å². The fourth-order valence-electron chi connectivity index (χ4n) is 3.01. The summed E-state index contributed by atoms with van der Waals surface area (Å²) in [7, 11) is 0. The zero-order valence-corrected chi connectivity index (χ0v) is 14.2. The Morgan fingerprint density at radius 2 is 2.04 bits per heavy atom. The van der Waals surface area contributed by atoms with E-state index in [1.165, 1.54) is 0 Å². The van der Waals surface area contributed by atoms with Crippen LogP contribution in [0.15, 0.2) is 40.8 Å². The van der Waals surface area contributed by atoms with Gasteiger partial charge in [0.2, 0.25) is 0 Å². The van der Waals surface area contributed by atoms with E-state index in [1.807, 2.05) is 37.3 Å². The van der Waals surface area contributed by atoms with Crippen LogP contribution in [0.1, 0.15) is 19.1 Å². The minimum atomic E-state index is 0.240. The fourth-order valence-corrected chi connectivity index (χ4v) is 3.01. The Balaban J connectivity index is 1.60. The maximum atomic E-state index is 6.02. The predicted octanol–water partition coefficient (Wildman–Crippen LogP) is 2.89. The van der Waals surface area contributed by atoms with Crippen LogP contribution in [-0.4, -0.2) is 43.9 Å². The summed E-state index contributed by atoms with van der Waals surface area (Å²) in [6.07, 6.45) is 1.15. The van der Waals surface area contributed by atoms with Gasteiger partial charge in [0.1, 0.15) is 17.3 Å². The van der Waals surface area contributed by atoms with Gasteiger partial charge in [-0.1, -0.05) is 0 Å². The molecule has 1 saturated heterocycles. The van der Waals surface area contributed by atoms with Crippen LogP contribution in [0.4, 0.5) is 0 Å². The predicted molar refractivity (Wildman–Crippen MR) is 94.0 cm³/mol.